The highest BCUT2D eigenvalue weighted by Gasteiger charge is 2.35. The standard InChI is InChI=1S/C19H28N2O6S/c1-19(2,3)27-18(23)20-7-8-21-16(22)11-28-17(21)12-9-14(25-5)15(26-6)10-13(12)24-4/h9-10,17H,7-8,11H2,1-6H3,(H,20,23). The van der Waals surface area contributed by atoms with E-state index in [1.807, 2.05) is 6.07 Å². The van der Waals surface area contributed by atoms with Gasteiger partial charge in [0, 0.05) is 24.7 Å². The van der Waals surface area contributed by atoms with E-state index in [4.69, 9.17) is 18.9 Å². The molecule has 1 unspecified atom stereocenters. The van der Waals surface area contributed by atoms with Gasteiger partial charge in [-0.2, -0.15) is 0 Å². The minimum atomic E-state index is -0.570. The van der Waals surface area contributed by atoms with Crippen molar-refractivity contribution in [3.05, 3.63) is 17.7 Å². The molecule has 0 aliphatic carbocycles. The van der Waals surface area contributed by atoms with Gasteiger partial charge in [-0.05, 0) is 26.8 Å². The topological polar surface area (TPSA) is 86.3 Å². The molecule has 1 atom stereocenters. The number of methoxy groups -OCH3 is 3. The van der Waals surface area contributed by atoms with Gasteiger partial charge in [-0.15, -0.1) is 11.8 Å². The van der Waals surface area contributed by atoms with E-state index < -0.39 is 11.7 Å². The molecule has 2 amide bonds. The Labute approximate surface area is 169 Å². The number of ether oxygens (including phenoxy) is 4. The number of thioether (sulfide) groups is 1. The van der Waals surface area contributed by atoms with Crippen molar-refractivity contribution >= 4 is 23.8 Å². The van der Waals surface area contributed by atoms with Gasteiger partial charge in [0.05, 0.1) is 27.1 Å². The summed E-state index contributed by atoms with van der Waals surface area (Å²) in [5.41, 5.74) is 0.243. The first kappa shape index (κ1) is 22.0. The van der Waals surface area contributed by atoms with Crippen molar-refractivity contribution in [1.82, 2.24) is 10.2 Å². The molecule has 1 aromatic rings. The van der Waals surface area contributed by atoms with Gasteiger partial charge in [0.1, 0.15) is 16.7 Å². The van der Waals surface area contributed by atoms with Gasteiger partial charge < -0.3 is 29.2 Å². The molecule has 0 saturated carbocycles. The second-order valence-corrected chi connectivity index (χ2v) is 8.20. The third-order valence-electron chi connectivity index (χ3n) is 3.99. The number of nitrogens with zero attached hydrogens (tertiary/aromatic N) is 1. The van der Waals surface area contributed by atoms with Crippen LogP contribution < -0.4 is 19.5 Å². The van der Waals surface area contributed by atoms with Crippen LogP contribution in [0.2, 0.25) is 0 Å². The van der Waals surface area contributed by atoms with Gasteiger partial charge in [-0.25, -0.2) is 4.79 Å². The highest BCUT2D eigenvalue weighted by atomic mass is 32.2. The summed E-state index contributed by atoms with van der Waals surface area (Å²) >= 11 is 1.50. The number of alkyl carbamates (subject to hydrolysis) is 1. The zero-order chi connectivity index (χ0) is 20.9. The van der Waals surface area contributed by atoms with Crippen molar-refractivity contribution in [3.8, 4) is 17.2 Å². The van der Waals surface area contributed by atoms with Crippen LogP contribution in [0, 0.1) is 0 Å². The average Bonchev–Trinajstić information content (AvgIpc) is 2.99. The molecule has 1 fully saturated rings. The Bertz CT molecular complexity index is 719. The van der Waals surface area contributed by atoms with E-state index in [0.717, 1.165) is 5.56 Å². The first-order valence-corrected chi connectivity index (χ1v) is 9.93. The molecule has 0 spiro atoms. The predicted molar refractivity (Wildman–Crippen MR) is 107 cm³/mol. The fraction of sp³-hybridized carbons (Fsp3) is 0.579. The van der Waals surface area contributed by atoms with E-state index in [-0.39, 0.29) is 17.8 Å². The maximum absolute atomic E-state index is 12.4. The molecule has 1 aliphatic heterocycles. The van der Waals surface area contributed by atoms with E-state index in [1.54, 1.807) is 53.1 Å². The first-order valence-electron chi connectivity index (χ1n) is 8.88. The SMILES string of the molecule is COc1cc(OC)c(C2SCC(=O)N2CCNC(=O)OC(C)(C)C)cc1OC. The predicted octanol–water partition coefficient (Wildman–Crippen LogP) is 2.81. The average molecular weight is 413 g/mol. The lowest BCUT2D eigenvalue weighted by molar-refractivity contribution is -0.128. The zero-order valence-corrected chi connectivity index (χ0v) is 18.0. The summed E-state index contributed by atoms with van der Waals surface area (Å²) in [4.78, 5) is 25.9. The molecule has 28 heavy (non-hydrogen) atoms. The second-order valence-electron chi connectivity index (χ2n) is 7.13. The smallest absolute Gasteiger partial charge is 0.407 e. The summed E-state index contributed by atoms with van der Waals surface area (Å²) in [5.74, 6) is 2.07. The quantitative estimate of drug-likeness (QED) is 0.737. The number of carbonyl (C=O) groups excluding carboxylic acids is 2. The molecule has 2 rings (SSSR count). The van der Waals surface area contributed by atoms with Crippen LogP contribution in [-0.4, -0.2) is 62.7 Å². The van der Waals surface area contributed by atoms with E-state index >= 15 is 0 Å². The van der Waals surface area contributed by atoms with Crippen molar-refractivity contribution in [2.75, 3.05) is 40.2 Å². The molecular weight excluding hydrogens is 384 g/mol. The minimum absolute atomic E-state index is 0.00201. The summed E-state index contributed by atoms with van der Waals surface area (Å²) in [6.07, 6.45) is -0.507. The van der Waals surface area contributed by atoms with E-state index in [1.165, 1.54) is 11.8 Å². The highest BCUT2D eigenvalue weighted by Crippen LogP contribution is 2.46. The Balaban J connectivity index is 2.14. The summed E-state index contributed by atoms with van der Waals surface area (Å²) in [5, 5.41) is 2.44. The normalized spacial score (nSPS) is 16.7. The fourth-order valence-electron chi connectivity index (χ4n) is 2.79. The number of carbonyl (C=O) groups is 2. The number of amides is 2. The third kappa shape index (κ3) is 5.37. The Kier molecular flexibility index (Phi) is 7.29. The Hall–Kier alpha value is -2.29. The monoisotopic (exact) mass is 412 g/mol. The molecule has 1 saturated heterocycles. The van der Waals surface area contributed by atoms with Crippen molar-refractivity contribution in [3.63, 3.8) is 0 Å². The van der Waals surface area contributed by atoms with Crippen molar-refractivity contribution in [1.29, 1.82) is 0 Å². The van der Waals surface area contributed by atoms with Gasteiger partial charge in [0.25, 0.3) is 0 Å². The number of rotatable bonds is 7. The lowest BCUT2D eigenvalue weighted by atomic mass is 10.1. The van der Waals surface area contributed by atoms with Crippen molar-refractivity contribution < 1.29 is 28.5 Å². The molecule has 0 radical (unpaired) electrons. The number of hydrogen-bond donors (Lipinski definition) is 1. The third-order valence-corrected chi connectivity index (χ3v) is 5.23. The van der Waals surface area contributed by atoms with Crippen LogP contribution in [-0.2, 0) is 9.53 Å². The summed E-state index contributed by atoms with van der Waals surface area (Å²) in [7, 11) is 4.68. The first-order chi connectivity index (χ1) is 13.2. The van der Waals surface area contributed by atoms with Gasteiger partial charge >= 0.3 is 6.09 Å². The van der Waals surface area contributed by atoms with Gasteiger partial charge in [-0.1, -0.05) is 0 Å². The lowest BCUT2D eigenvalue weighted by Crippen LogP contribution is -2.39. The molecule has 0 bridgehead atoms. The van der Waals surface area contributed by atoms with Crippen molar-refractivity contribution in [2.24, 2.45) is 0 Å². The van der Waals surface area contributed by atoms with Crippen LogP contribution in [0.25, 0.3) is 0 Å². The zero-order valence-electron chi connectivity index (χ0n) is 17.2. The molecule has 1 heterocycles. The van der Waals surface area contributed by atoms with Gasteiger partial charge in [-0.3, -0.25) is 4.79 Å². The maximum atomic E-state index is 12.4. The Morgan fingerprint density at radius 3 is 2.32 bits per heavy atom. The lowest BCUT2D eigenvalue weighted by Gasteiger charge is -2.26. The molecule has 8 nitrogen and oxygen atoms in total. The van der Waals surface area contributed by atoms with E-state index in [0.29, 0.717) is 29.5 Å². The van der Waals surface area contributed by atoms with E-state index in [2.05, 4.69) is 5.32 Å². The molecule has 9 heteroatoms. The molecular formula is C19H28N2O6S. The van der Waals surface area contributed by atoms with Gasteiger partial charge in [0.15, 0.2) is 11.5 Å². The molecule has 1 aliphatic rings. The van der Waals surface area contributed by atoms with E-state index in [9.17, 15) is 9.59 Å². The number of nitrogens with one attached hydrogen (secondary N) is 1. The molecule has 1 aromatic carbocycles. The molecule has 0 aromatic heterocycles. The fourth-order valence-corrected chi connectivity index (χ4v) is 4.02. The van der Waals surface area contributed by atoms with Crippen LogP contribution in [0.15, 0.2) is 12.1 Å². The maximum Gasteiger partial charge on any atom is 0.407 e. The number of benzene rings is 1. The van der Waals surface area contributed by atoms with Crippen LogP contribution in [0.1, 0.15) is 31.7 Å². The Morgan fingerprint density at radius 2 is 1.75 bits per heavy atom. The van der Waals surface area contributed by atoms with Crippen LogP contribution in [0.4, 0.5) is 4.79 Å². The summed E-state index contributed by atoms with van der Waals surface area (Å²) in [6.45, 7) is 6.03. The van der Waals surface area contributed by atoms with Gasteiger partial charge in [0.2, 0.25) is 5.91 Å². The highest BCUT2D eigenvalue weighted by molar-refractivity contribution is 8.00. The van der Waals surface area contributed by atoms with Crippen LogP contribution in [0.3, 0.4) is 0 Å². The largest absolute Gasteiger partial charge is 0.496 e. The summed E-state index contributed by atoms with van der Waals surface area (Å²) in [6, 6.07) is 3.57. The number of hydrogen-bond acceptors (Lipinski definition) is 7. The van der Waals surface area contributed by atoms with Crippen molar-refractivity contribution in [2.45, 2.75) is 31.7 Å². The summed E-state index contributed by atoms with van der Waals surface area (Å²) < 4.78 is 21.4. The second kappa shape index (κ2) is 9.27. The minimum Gasteiger partial charge on any atom is -0.496 e. The molecule has 1 N–H and O–H groups in total. The molecule has 156 valence electrons. The van der Waals surface area contributed by atoms with Crippen LogP contribution >= 0.6 is 11.8 Å². The van der Waals surface area contributed by atoms with Crippen LogP contribution in [0.5, 0.6) is 17.2 Å². The Morgan fingerprint density at radius 1 is 1.14 bits per heavy atom.